The van der Waals surface area contributed by atoms with Crippen LogP contribution in [0.2, 0.25) is 0 Å². The minimum atomic E-state index is -4.60. The van der Waals surface area contributed by atoms with Crippen LogP contribution in [0.25, 0.3) is 0 Å². The summed E-state index contributed by atoms with van der Waals surface area (Å²) in [6, 6.07) is 2.43. The lowest BCUT2D eigenvalue weighted by Gasteiger charge is -2.26. The maximum Gasteiger partial charge on any atom is 0.416 e. The molecular weight excluding hydrogens is 369 g/mol. The summed E-state index contributed by atoms with van der Waals surface area (Å²) in [5, 5.41) is 4.82. The second-order valence-electron chi connectivity index (χ2n) is 5.59. The van der Waals surface area contributed by atoms with Crippen molar-refractivity contribution in [3.05, 3.63) is 46.7 Å². The Hall–Kier alpha value is -3.04. The normalized spacial score (nSPS) is 17.1. The van der Waals surface area contributed by atoms with Crippen molar-refractivity contribution in [2.75, 3.05) is 13.2 Å². The van der Waals surface area contributed by atoms with Crippen LogP contribution in [0.4, 0.5) is 18.0 Å². The van der Waals surface area contributed by atoms with Crippen molar-refractivity contribution >= 4 is 18.0 Å². The molecule has 0 aromatic heterocycles. The highest BCUT2D eigenvalue weighted by Gasteiger charge is 2.32. The molecule has 1 aromatic carbocycles. The predicted octanol–water partition coefficient (Wildman–Crippen LogP) is 2.38. The van der Waals surface area contributed by atoms with Gasteiger partial charge in [0.2, 0.25) is 0 Å². The molecule has 1 aliphatic rings. The molecule has 0 unspecified atom stereocenters. The minimum absolute atomic E-state index is 0.00465. The Labute approximate surface area is 152 Å². The predicted molar refractivity (Wildman–Crippen MR) is 86.5 cm³/mol. The molecule has 0 bridgehead atoms. The van der Waals surface area contributed by atoms with Crippen molar-refractivity contribution in [3.63, 3.8) is 0 Å². The topological polar surface area (TPSA) is 93.7 Å². The van der Waals surface area contributed by atoms with Crippen LogP contribution in [0.5, 0.6) is 0 Å². The zero-order valence-corrected chi connectivity index (χ0v) is 14.5. The number of hydrogen-bond donors (Lipinski definition) is 2. The number of ether oxygens (including phenoxy) is 2. The first-order valence-electron chi connectivity index (χ1n) is 7.95. The first-order chi connectivity index (χ1) is 12.6. The third-order valence-electron chi connectivity index (χ3n) is 3.64. The van der Waals surface area contributed by atoms with Crippen LogP contribution < -0.4 is 10.6 Å². The summed E-state index contributed by atoms with van der Waals surface area (Å²) < 4.78 is 48.1. The van der Waals surface area contributed by atoms with Gasteiger partial charge in [-0.2, -0.15) is 13.2 Å². The van der Waals surface area contributed by atoms with Crippen LogP contribution >= 0.6 is 0 Å². The zero-order chi connectivity index (χ0) is 20.2. The molecule has 146 valence electrons. The standard InChI is InChI=1S/C17H17F3N2O5/c1-3-26-15(24)13-9(2)21-16(25)22-12(13)8-27-14(23)10-5-4-6-11(7-10)17(18,19)20/h4-7,9H,3,8H2,1-2H3,(H2,21,22,25)/t9-/m0/s1. The Bertz CT molecular complexity index is 789. The monoisotopic (exact) mass is 386 g/mol. The van der Waals surface area contributed by atoms with Gasteiger partial charge in [0.1, 0.15) is 6.61 Å². The number of amides is 2. The molecule has 0 radical (unpaired) electrons. The summed E-state index contributed by atoms with van der Waals surface area (Å²) in [5.41, 5.74) is -1.23. The smallest absolute Gasteiger partial charge is 0.416 e. The highest BCUT2D eigenvalue weighted by atomic mass is 19.4. The zero-order valence-electron chi connectivity index (χ0n) is 14.5. The van der Waals surface area contributed by atoms with Gasteiger partial charge in [0.15, 0.2) is 0 Å². The SMILES string of the molecule is CCOC(=O)C1=C(COC(=O)c2cccc(C(F)(F)F)c2)NC(=O)N[C@H]1C. The molecule has 10 heteroatoms. The van der Waals surface area contributed by atoms with E-state index in [2.05, 4.69) is 10.6 Å². The first-order valence-corrected chi connectivity index (χ1v) is 7.95. The molecule has 7 nitrogen and oxygen atoms in total. The first kappa shape index (κ1) is 20.3. The molecule has 27 heavy (non-hydrogen) atoms. The van der Waals surface area contributed by atoms with Crippen molar-refractivity contribution in [1.29, 1.82) is 0 Å². The highest BCUT2D eigenvalue weighted by Crippen LogP contribution is 2.29. The van der Waals surface area contributed by atoms with Gasteiger partial charge in [-0.05, 0) is 32.0 Å². The average Bonchev–Trinajstić information content (AvgIpc) is 2.58. The van der Waals surface area contributed by atoms with E-state index in [0.717, 1.165) is 12.1 Å². The lowest BCUT2D eigenvalue weighted by Crippen LogP contribution is -2.50. The number of benzene rings is 1. The summed E-state index contributed by atoms with van der Waals surface area (Å²) >= 11 is 0. The van der Waals surface area contributed by atoms with E-state index in [4.69, 9.17) is 9.47 Å². The molecule has 0 saturated heterocycles. The largest absolute Gasteiger partial charge is 0.463 e. The number of hydrogen-bond acceptors (Lipinski definition) is 5. The van der Waals surface area contributed by atoms with Gasteiger partial charge in [0.05, 0.1) is 35.0 Å². The number of carbonyl (C=O) groups excluding carboxylic acids is 3. The molecule has 1 atom stereocenters. The van der Waals surface area contributed by atoms with Gasteiger partial charge in [-0.3, -0.25) is 0 Å². The van der Waals surface area contributed by atoms with Crippen LogP contribution in [-0.2, 0) is 20.4 Å². The van der Waals surface area contributed by atoms with Gasteiger partial charge in [-0.15, -0.1) is 0 Å². The lowest BCUT2D eigenvalue weighted by atomic mass is 10.0. The molecule has 2 N–H and O–H groups in total. The molecule has 0 aliphatic carbocycles. The van der Waals surface area contributed by atoms with E-state index in [1.807, 2.05) is 0 Å². The maximum atomic E-state index is 12.7. The Morgan fingerprint density at radius 1 is 1.19 bits per heavy atom. The Balaban J connectivity index is 2.19. The van der Waals surface area contributed by atoms with Crippen LogP contribution in [0.15, 0.2) is 35.5 Å². The number of esters is 2. The van der Waals surface area contributed by atoms with Crippen molar-refractivity contribution in [2.24, 2.45) is 0 Å². The number of alkyl halides is 3. The molecule has 1 heterocycles. The summed E-state index contributed by atoms with van der Waals surface area (Å²) in [6.07, 6.45) is -4.60. The second-order valence-corrected chi connectivity index (χ2v) is 5.59. The minimum Gasteiger partial charge on any atom is -0.463 e. The van der Waals surface area contributed by atoms with Gasteiger partial charge >= 0.3 is 24.1 Å². The second kappa shape index (κ2) is 8.11. The van der Waals surface area contributed by atoms with E-state index in [-0.39, 0.29) is 23.4 Å². The molecule has 1 aliphatic heterocycles. The quantitative estimate of drug-likeness (QED) is 0.758. The van der Waals surface area contributed by atoms with Crippen molar-refractivity contribution in [3.8, 4) is 0 Å². The lowest BCUT2D eigenvalue weighted by molar-refractivity contribution is -0.139. The molecule has 0 fully saturated rings. The molecule has 0 spiro atoms. The van der Waals surface area contributed by atoms with Crippen LogP contribution in [0.3, 0.4) is 0 Å². The summed E-state index contributed by atoms with van der Waals surface area (Å²) in [4.78, 5) is 35.7. The van der Waals surface area contributed by atoms with Crippen LogP contribution in [-0.4, -0.2) is 37.2 Å². The van der Waals surface area contributed by atoms with Crippen molar-refractivity contribution < 1.29 is 37.0 Å². The van der Waals surface area contributed by atoms with Crippen molar-refractivity contribution in [1.82, 2.24) is 10.6 Å². The van der Waals surface area contributed by atoms with Gasteiger partial charge < -0.3 is 20.1 Å². The molecule has 0 saturated carbocycles. The average molecular weight is 386 g/mol. The van der Waals surface area contributed by atoms with Gasteiger partial charge in [0, 0.05) is 0 Å². The van der Waals surface area contributed by atoms with Gasteiger partial charge in [-0.1, -0.05) is 6.07 Å². The van der Waals surface area contributed by atoms with Crippen LogP contribution in [0, 0.1) is 0 Å². The van der Waals surface area contributed by atoms with Crippen molar-refractivity contribution in [2.45, 2.75) is 26.1 Å². The number of carbonyl (C=O) groups is 3. The highest BCUT2D eigenvalue weighted by molar-refractivity contribution is 5.95. The Kier molecular flexibility index (Phi) is 6.09. The summed E-state index contributed by atoms with van der Waals surface area (Å²) in [7, 11) is 0. The maximum absolute atomic E-state index is 12.7. The molecule has 2 amide bonds. The van der Waals surface area contributed by atoms with Gasteiger partial charge in [0.25, 0.3) is 0 Å². The number of nitrogens with one attached hydrogen (secondary N) is 2. The fourth-order valence-corrected chi connectivity index (χ4v) is 2.44. The van der Waals surface area contributed by atoms with E-state index in [1.54, 1.807) is 13.8 Å². The van der Waals surface area contributed by atoms with E-state index >= 15 is 0 Å². The number of halogens is 3. The fourth-order valence-electron chi connectivity index (χ4n) is 2.44. The molecule has 2 rings (SSSR count). The summed E-state index contributed by atoms with van der Waals surface area (Å²) in [6.45, 7) is 2.73. The molecular formula is C17H17F3N2O5. The molecule has 1 aromatic rings. The van der Waals surface area contributed by atoms with E-state index in [1.165, 1.54) is 6.07 Å². The third-order valence-corrected chi connectivity index (χ3v) is 3.64. The van der Waals surface area contributed by atoms with Crippen LogP contribution in [0.1, 0.15) is 29.8 Å². The van der Waals surface area contributed by atoms with E-state index in [9.17, 15) is 27.6 Å². The summed E-state index contributed by atoms with van der Waals surface area (Å²) in [5.74, 6) is -1.74. The Morgan fingerprint density at radius 3 is 2.52 bits per heavy atom. The van der Waals surface area contributed by atoms with E-state index in [0.29, 0.717) is 6.07 Å². The number of rotatable bonds is 5. The van der Waals surface area contributed by atoms with Gasteiger partial charge in [-0.25, -0.2) is 14.4 Å². The third kappa shape index (κ3) is 4.99. The fraction of sp³-hybridized carbons (Fsp3) is 0.353. The number of urea groups is 1. The van der Waals surface area contributed by atoms with E-state index < -0.39 is 42.4 Å². The Morgan fingerprint density at radius 2 is 1.89 bits per heavy atom.